The van der Waals surface area contributed by atoms with Crippen molar-refractivity contribution in [3.63, 3.8) is 0 Å². The zero-order chi connectivity index (χ0) is 20.6. The molecule has 1 rings (SSSR count). The highest BCUT2D eigenvalue weighted by Gasteiger charge is 2.32. The first kappa shape index (κ1) is 23.0. The van der Waals surface area contributed by atoms with Gasteiger partial charge >= 0.3 is 19.5 Å². The second-order valence-corrected chi connectivity index (χ2v) is 7.92. The van der Waals surface area contributed by atoms with E-state index >= 15 is 0 Å². The van der Waals surface area contributed by atoms with Crippen LogP contribution in [0.1, 0.15) is 31.1 Å². The minimum absolute atomic E-state index is 0.113. The van der Waals surface area contributed by atoms with Gasteiger partial charge in [-0.15, -0.1) is 0 Å². The predicted molar refractivity (Wildman–Crippen MR) is 98.3 cm³/mol. The lowest BCUT2D eigenvalue weighted by Gasteiger charge is -2.24. The van der Waals surface area contributed by atoms with E-state index in [0.29, 0.717) is 0 Å². The molecule has 0 spiro atoms. The predicted octanol–water partition coefficient (Wildman–Crippen LogP) is 2.59. The summed E-state index contributed by atoms with van der Waals surface area (Å²) in [6.07, 6.45) is -0.607. The SMILES string of the molecule is COCP(=O)(N[C@@H](C)C(=O)OC(C)C)Oc1ccc(C(=O)OC)cc1OC. The van der Waals surface area contributed by atoms with Crippen LogP contribution in [0.4, 0.5) is 0 Å². The van der Waals surface area contributed by atoms with Crippen LogP contribution in [0.3, 0.4) is 0 Å². The Bertz CT molecular complexity index is 706. The normalized spacial score (nSPS) is 14.2. The van der Waals surface area contributed by atoms with Crippen molar-refractivity contribution in [1.29, 1.82) is 0 Å². The standard InChI is InChI=1S/C17H26NO8P/c1-11(2)25-16(19)12(3)18-27(21,10-22-4)26-14-8-7-13(17(20)24-6)9-15(14)23-5/h7-9,11-12H,10H2,1-6H3,(H,18,21)/t12-,27?/m0/s1. The van der Waals surface area contributed by atoms with Gasteiger partial charge in [0.25, 0.3) is 0 Å². The lowest BCUT2D eigenvalue weighted by molar-refractivity contribution is -0.149. The van der Waals surface area contributed by atoms with Crippen molar-refractivity contribution in [3.05, 3.63) is 23.8 Å². The van der Waals surface area contributed by atoms with Crippen LogP contribution in [-0.4, -0.2) is 51.8 Å². The van der Waals surface area contributed by atoms with Gasteiger partial charge in [0, 0.05) is 7.11 Å². The fourth-order valence-corrected chi connectivity index (χ4v) is 3.77. The van der Waals surface area contributed by atoms with E-state index in [2.05, 4.69) is 9.82 Å². The summed E-state index contributed by atoms with van der Waals surface area (Å²) in [7, 11) is 0.337. The van der Waals surface area contributed by atoms with Gasteiger partial charge in [0.15, 0.2) is 11.5 Å². The average molecular weight is 403 g/mol. The fourth-order valence-electron chi connectivity index (χ4n) is 2.09. The third kappa shape index (κ3) is 6.86. The highest BCUT2D eigenvalue weighted by molar-refractivity contribution is 7.57. The summed E-state index contributed by atoms with van der Waals surface area (Å²) in [6, 6.07) is 3.37. The van der Waals surface area contributed by atoms with E-state index < -0.39 is 25.5 Å². The number of hydrogen-bond donors (Lipinski definition) is 1. The Balaban J connectivity index is 3.06. The molecule has 0 fully saturated rings. The van der Waals surface area contributed by atoms with Gasteiger partial charge in [-0.1, -0.05) is 0 Å². The van der Waals surface area contributed by atoms with E-state index in [1.165, 1.54) is 46.5 Å². The molecule has 1 N–H and O–H groups in total. The number of hydrogen-bond acceptors (Lipinski definition) is 8. The van der Waals surface area contributed by atoms with E-state index in [-0.39, 0.29) is 29.5 Å². The molecule has 0 aliphatic heterocycles. The molecule has 1 aromatic rings. The molecule has 0 saturated heterocycles. The second kappa shape index (κ2) is 10.3. The van der Waals surface area contributed by atoms with Gasteiger partial charge in [-0.3, -0.25) is 9.36 Å². The lowest BCUT2D eigenvalue weighted by Crippen LogP contribution is -2.36. The van der Waals surface area contributed by atoms with Crippen molar-refractivity contribution in [1.82, 2.24) is 5.09 Å². The Labute approximate surface area is 158 Å². The van der Waals surface area contributed by atoms with Gasteiger partial charge < -0.3 is 23.5 Å². The summed E-state index contributed by atoms with van der Waals surface area (Å²) in [6.45, 7) is 4.93. The Kier molecular flexibility index (Phi) is 8.75. The second-order valence-electron chi connectivity index (χ2n) is 5.88. The molecule has 0 aromatic heterocycles. The molecule has 0 radical (unpaired) electrons. The molecule has 1 aromatic carbocycles. The molecule has 152 valence electrons. The molecule has 2 atom stereocenters. The van der Waals surface area contributed by atoms with Crippen LogP contribution in [0.15, 0.2) is 18.2 Å². The van der Waals surface area contributed by atoms with Gasteiger partial charge in [0.2, 0.25) is 0 Å². The lowest BCUT2D eigenvalue weighted by atomic mass is 10.2. The van der Waals surface area contributed by atoms with Crippen LogP contribution in [-0.2, 0) is 23.6 Å². The number of esters is 2. The molecule has 1 unspecified atom stereocenters. The maximum atomic E-state index is 13.1. The number of carbonyl (C=O) groups excluding carboxylic acids is 2. The molecule has 0 heterocycles. The maximum Gasteiger partial charge on any atom is 0.342 e. The number of benzene rings is 1. The van der Waals surface area contributed by atoms with E-state index in [1.54, 1.807) is 13.8 Å². The molecule has 0 aliphatic rings. The van der Waals surface area contributed by atoms with Crippen molar-refractivity contribution >= 4 is 19.5 Å². The van der Waals surface area contributed by atoms with Gasteiger partial charge in [-0.05, 0) is 39.0 Å². The Hall–Kier alpha value is -2.09. The molecule has 0 bridgehead atoms. The van der Waals surface area contributed by atoms with Crippen molar-refractivity contribution in [2.75, 3.05) is 27.7 Å². The molecule has 0 amide bonds. The number of rotatable bonds is 10. The van der Waals surface area contributed by atoms with Gasteiger partial charge in [0.05, 0.1) is 25.9 Å². The van der Waals surface area contributed by atoms with Crippen LogP contribution in [0.5, 0.6) is 11.5 Å². The minimum Gasteiger partial charge on any atom is -0.493 e. The molecular formula is C17H26NO8P. The number of methoxy groups -OCH3 is 3. The monoisotopic (exact) mass is 403 g/mol. The summed E-state index contributed by atoms with van der Waals surface area (Å²) < 4.78 is 38.6. The van der Waals surface area contributed by atoms with E-state index in [9.17, 15) is 14.2 Å². The quantitative estimate of drug-likeness (QED) is 0.466. The summed E-state index contributed by atoms with van der Waals surface area (Å²) in [4.78, 5) is 23.6. The zero-order valence-electron chi connectivity index (χ0n) is 16.3. The van der Waals surface area contributed by atoms with Crippen LogP contribution >= 0.6 is 7.52 Å². The van der Waals surface area contributed by atoms with E-state index in [1.807, 2.05) is 0 Å². The third-order valence-electron chi connectivity index (χ3n) is 3.23. The smallest absolute Gasteiger partial charge is 0.342 e. The topological polar surface area (TPSA) is 109 Å². The first-order valence-corrected chi connectivity index (χ1v) is 9.99. The molecule has 0 saturated carbocycles. The summed E-state index contributed by atoms with van der Waals surface area (Å²) >= 11 is 0. The van der Waals surface area contributed by atoms with E-state index in [4.69, 9.17) is 18.7 Å². The van der Waals surface area contributed by atoms with Gasteiger partial charge in [-0.25, -0.2) is 9.88 Å². The average Bonchev–Trinajstić information content (AvgIpc) is 2.60. The Morgan fingerprint density at radius 1 is 1.11 bits per heavy atom. The fraction of sp³-hybridized carbons (Fsp3) is 0.529. The van der Waals surface area contributed by atoms with Crippen LogP contribution < -0.4 is 14.3 Å². The summed E-state index contributed by atoms with van der Waals surface area (Å²) in [5.41, 5.74) is 0.241. The van der Waals surface area contributed by atoms with Crippen LogP contribution in [0.2, 0.25) is 0 Å². The van der Waals surface area contributed by atoms with E-state index in [0.717, 1.165) is 0 Å². The highest BCUT2D eigenvalue weighted by atomic mass is 31.2. The number of ether oxygens (including phenoxy) is 4. The molecule has 9 nitrogen and oxygen atoms in total. The van der Waals surface area contributed by atoms with Crippen molar-refractivity contribution in [2.45, 2.75) is 32.9 Å². The minimum atomic E-state index is -3.65. The Morgan fingerprint density at radius 2 is 1.78 bits per heavy atom. The Morgan fingerprint density at radius 3 is 2.30 bits per heavy atom. The number of nitrogens with one attached hydrogen (secondary N) is 1. The maximum absolute atomic E-state index is 13.1. The molecule has 27 heavy (non-hydrogen) atoms. The van der Waals surface area contributed by atoms with Crippen molar-refractivity contribution < 1.29 is 37.6 Å². The van der Waals surface area contributed by atoms with Gasteiger partial charge in [-0.2, -0.15) is 0 Å². The largest absolute Gasteiger partial charge is 0.493 e. The first-order valence-electron chi connectivity index (χ1n) is 8.18. The molecular weight excluding hydrogens is 377 g/mol. The zero-order valence-corrected chi connectivity index (χ0v) is 17.2. The van der Waals surface area contributed by atoms with Gasteiger partial charge in [0.1, 0.15) is 12.4 Å². The van der Waals surface area contributed by atoms with Crippen LogP contribution in [0, 0.1) is 0 Å². The summed E-state index contributed by atoms with van der Waals surface area (Å²) in [5, 5.41) is 2.63. The van der Waals surface area contributed by atoms with Crippen LogP contribution in [0.25, 0.3) is 0 Å². The van der Waals surface area contributed by atoms with Crippen molar-refractivity contribution in [3.8, 4) is 11.5 Å². The molecule has 10 heteroatoms. The van der Waals surface area contributed by atoms with Crippen molar-refractivity contribution in [2.24, 2.45) is 0 Å². The highest BCUT2D eigenvalue weighted by Crippen LogP contribution is 2.46. The first-order chi connectivity index (χ1) is 12.7. The summed E-state index contributed by atoms with van der Waals surface area (Å²) in [5.74, 6) is -0.836. The third-order valence-corrected chi connectivity index (χ3v) is 5.10. The number of carbonyl (C=O) groups is 2. The molecule has 0 aliphatic carbocycles.